The van der Waals surface area contributed by atoms with Gasteiger partial charge >= 0.3 is 0 Å². The maximum atomic E-state index is 9.18. The lowest BCUT2D eigenvalue weighted by Crippen LogP contribution is -2.69. The van der Waals surface area contributed by atoms with E-state index in [9.17, 15) is 5.26 Å². The summed E-state index contributed by atoms with van der Waals surface area (Å²) in [7, 11) is 0. The average molecular weight is 309 g/mol. The van der Waals surface area contributed by atoms with Crippen molar-refractivity contribution in [2.24, 2.45) is 0 Å². The van der Waals surface area contributed by atoms with Crippen molar-refractivity contribution in [3.05, 3.63) is 22.3 Å². The van der Waals surface area contributed by atoms with Crippen LogP contribution in [0.2, 0.25) is 0 Å². The van der Waals surface area contributed by atoms with E-state index in [2.05, 4.69) is 58.0 Å². The lowest BCUT2D eigenvalue weighted by Gasteiger charge is -2.50. The molecule has 96 valence electrons. The van der Waals surface area contributed by atoms with Crippen LogP contribution in [0.3, 0.4) is 0 Å². The number of halogens is 1. The van der Waals surface area contributed by atoms with E-state index in [0.717, 1.165) is 23.4 Å². The average Bonchev–Trinajstić information content (AvgIpc) is 2.24. The second-order valence-corrected chi connectivity index (χ2v) is 6.17. The quantitative estimate of drug-likeness (QED) is 0.931. The van der Waals surface area contributed by atoms with Crippen LogP contribution in [0, 0.1) is 11.3 Å². The molecule has 0 atom stereocenters. The number of hydrogen-bond acceptors (Lipinski definition) is 4. The summed E-state index contributed by atoms with van der Waals surface area (Å²) < 4.78 is 0.806. The van der Waals surface area contributed by atoms with Gasteiger partial charge in [-0.3, -0.25) is 0 Å². The molecule has 1 aromatic rings. The number of anilines is 1. The molecular formula is C13H17BrN4. The Labute approximate surface area is 116 Å². The Morgan fingerprint density at radius 3 is 2.78 bits per heavy atom. The predicted molar refractivity (Wildman–Crippen MR) is 75.5 cm³/mol. The van der Waals surface area contributed by atoms with Crippen molar-refractivity contribution in [2.75, 3.05) is 18.0 Å². The molecule has 0 spiro atoms. The predicted octanol–water partition coefficient (Wildman–Crippen LogP) is 2.29. The standard InChI is InChI=1S/C13H17BrN4/c1-9(2)17-13(3)7-18(8-13)12-10(6-15)11(14)4-5-16-12/h4-5,9,17H,7-8H2,1-3H3. The van der Waals surface area contributed by atoms with Gasteiger partial charge in [0.25, 0.3) is 0 Å². The second kappa shape index (κ2) is 4.87. The molecule has 1 saturated heterocycles. The minimum Gasteiger partial charge on any atom is -0.352 e. The van der Waals surface area contributed by atoms with Gasteiger partial charge in [-0.15, -0.1) is 0 Å². The summed E-state index contributed by atoms with van der Waals surface area (Å²) in [5.74, 6) is 0.773. The molecule has 1 aliphatic rings. The fourth-order valence-electron chi connectivity index (χ4n) is 2.51. The molecule has 0 aliphatic carbocycles. The molecule has 1 aliphatic heterocycles. The number of pyridine rings is 1. The first-order valence-electron chi connectivity index (χ1n) is 6.02. The molecule has 1 N–H and O–H groups in total. The van der Waals surface area contributed by atoms with Crippen LogP contribution in [0.25, 0.3) is 0 Å². The second-order valence-electron chi connectivity index (χ2n) is 5.32. The van der Waals surface area contributed by atoms with E-state index in [1.54, 1.807) is 12.3 Å². The largest absolute Gasteiger partial charge is 0.352 e. The van der Waals surface area contributed by atoms with Gasteiger partial charge in [-0.1, -0.05) is 13.8 Å². The van der Waals surface area contributed by atoms with Gasteiger partial charge in [0.1, 0.15) is 17.5 Å². The zero-order chi connectivity index (χ0) is 13.3. The van der Waals surface area contributed by atoms with Gasteiger partial charge in [0.15, 0.2) is 0 Å². The highest BCUT2D eigenvalue weighted by Gasteiger charge is 2.40. The summed E-state index contributed by atoms with van der Waals surface area (Å²) in [5, 5.41) is 12.7. The highest BCUT2D eigenvalue weighted by molar-refractivity contribution is 9.10. The molecule has 18 heavy (non-hydrogen) atoms. The summed E-state index contributed by atoms with van der Waals surface area (Å²) in [6, 6.07) is 4.47. The number of nitrogens with one attached hydrogen (secondary N) is 1. The van der Waals surface area contributed by atoms with E-state index in [-0.39, 0.29) is 5.54 Å². The Balaban J connectivity index is 2.14. The fraction of sp³-hybridized carbons (Fsp3) is 0.538. The Morgan fingerprint density at radius 1 is 1.56 bits per heavy atom. The van der Waals surface area contributed by atoms with Crippen molar-refractivity contribution >= 4 is 21.7 Å². The highest BCUT2D eigenvalue weighted by Crippen LogP contribution is 2.31. The Bertz CT molecular complexity index is 486. The molecule has 0 amide bonds. The van der Waals surface area contributed by atoms with Crippen molar-refractivity contribution in [3.8, 4) is 6.07 Å². The summed E-state index contributed by atoms with van der Waals surface area (Å²) in [4.78, 5) is 6.46. The van der Waals surface area contributed by atoms with Crippen molar-refractivity contribution in [3.63, 3.8) is 0 Å². The van der Waals surface area contributed by atoms with E-state index in [4.69, 9.17) is 0 Å². The molecule has 0 aromatic carbocycles. The number of nitriles is 1. The van der Waals surface area contributed by atoms with E-state index in [1.807, 2.05) is 0 Å². The van der Waals surface area contributed by atoms with E-state index in [1.165, 1.54) is 0 Å². The van der Waals surface area contributed by atoms with Gasteiger partial charge in [0.2, 0.25) is 0 Å². The molecule has 1 fully saturated rings. The molecule has 2 rings (SSSR count). The van der Waals surface area contributed by atoms with Crippen molar-refractivity contribution in [1.82, 2.24) is 10.3 Å². The van der Waals surface area contributed by atoms with Crippen LogP contribution in [-0.4, -0.2) is 29.7 Å². The van der Waals surface area contributed by atoms with Crippen LogP contribution in [-0.2, 0) is 0 Å². The summed E-state index contributed by atoms with van der Waals surface area (Å²) in [5.41, 5.74) is 0.731. The van der Waals surface area contributed by atoms with Gasteiger partial charge < -0.3 is 10.2 Å². The molecule has 2 heterocycles. The lowest BCUT2D eigenvalue weighted by atomic mass is 9.91. The molecule has 4 nitrogen and oxygen atoms in total. The lowest BCUT2D eigenvalue weighted by molar-refractivity contribution is 0.260. The highest BCUT2D eigenvalue weighted by atomic mass is 79.9. The SMILES string of the molecule is CC(C)NC1(C)CN(c2nccc(Br)c2C#N)C1. The van der Waals surface area contributed by atoms with Crippen molar-refractivity contribution in [2.45, 2.75) is 32.4 Å². The molecule has 0 saturated carbocycles. The minimum atomic E-state index is 0.116. The van der Waals surface area contributed by atoms with Gasteiger partial charge in [-0.05, 0) is 28.9 Å². The Hall–Kier alpha value is -1.12. The van der Waals surface area contributed by atoms with Gasteiger partial charge in [0, 0.05) is 29.8 Å². The van der Waals surface area contributed by atoms with Crippen LogP contribution in [0.4, 0.5) is 5.82 Å². The van der Waals surface area contributed by atoms with E-state index < -0.39 is 0 Å². The van der Waals surface area contributed by atoms with Gasteiger partial charge in [-0.2, -0.15) is 5.26 Å². The third-order valence-electron chi connectivity index (χ3n) is 3.01. The number of nitrogens with zero attached hydrogens (tertiary/aromatic N) is 3. The molecule has 0 radical (unpaired) electrons. The molecule has 0 unspecified atom stereocenters. The normalized spacial score (nSPS) is 17.4. The monoisotopic (exact) mass is 308 g/mol. The van der Waals surface area contributed by atoms with Crippen LogP contribution in [0.5, 0.6) is 0 Å². The Kier molecular flexibility index (Phi) is 3.60. The number of hydrogen-bond donors (Lipinski definition) is 1. The first kappa shape index (κ1) is 13.3. The zero-order valence-corrected chi connectivity index (χ0v) is 12.5. The molecule has 1 aromatic heterocycles. The zero-order valence-electron chi connectivity index (χ0n) is 10.9. The molecule has 5 heteroatoms. The molecule has 0 bridgehead atoms. The smallest absolute Gasteiger partial charge is 0.147 e. The van der Waals surface area contributed by atoms with E-state index >= 15 is 0 Å². The maximum Gasteiger partial charge on any atom is 0.147 e. The maximum absolute atomic E-state index is 9.18. The van der Waals surface area contributed by atoms with Gasteiger partial charge in [0.05, 0.1) is 5.54 Å². The minimum absolute atomic E-state index is 0.116. The summed E-state index contributed by atoms with van der Waals surface area (Å²) >= 11 is 3.39. The first-order valence-corrected chi connectivity index (χ1v) is 6.82. The van der Waals surface area contributed by atoms with Crippen molar-refractivity contribution < 1.29 is 0 Å². The number of rotatable bonds is 3. The van der Waals surface area contributed by atoms with Crippen LogP contribution in [0.1, 0.15) is 26.3 Å². The first-order chi connectivity index (χ1) is 8.45. The third-order valence-corrected chi connectivity index (χ3v) is 3.67. The Morgan fingerprint density at radius 2 is 2.22 bits per heavy atom. The van der Waals surface area contributed by atoms with Crippen LogP contribution < -0.4 is 10.2 Å². The third kappa shape index (κ3) is 2.50. The van der Waals surface area contributed by atoms with E-state index in [0.29, 0.717) is 11.6 Å². The molecular weight excluding hydrogens is 292 g/mol. The van der Waals surface area contributed by atoms with Crippen molar-refractivity contribution in [1.29, 1.82) is 5.26 Å². The number of aromatic nitrogens is 1. The fourth-order valence-corrected chi connectivity index (χ4v) is 2.89. The summed E-state index contributed by atoms with van der Waals surface area (Å²) in [6.45, 7) is 8.25. The van der Waals surface area contributed by atoms with Crippen LogP contribution in [0.15, 0.2) is 16.7 Å². The van der Waals surface area contributed by atoms with Crippen LogP contribution >= 0.6 is 15.9 Å². The van der Waals surface area contributed by atoms with Gasteiger partial charge in [-0.25, -0.2) is 4.98 Å². The topological polar surface area (TPSA) is 52.0 Å². The summed E-state index contributed by atoms with van der Waals surface area (Å²) in [6.07, 6.45) is 1.73.